The monoisotopic (exact) mass is 297 g/mol. The maximum absolute atomic E-state index is 11.9. The van der Waals surface area contributed by atoms with E-state index >= 15 is 0 Å². The van der Waals surface area contributed by atoms with Crippen LogP contribution in [-0.2, 0) is 19.0 Å². The van der Waals surface area contributed by atoms with Crippen molar-refractivity contribution in [2.24, 2.45) is 5.92 Å². The summed E-state index contributed by atoms with van der Waals surface area (Å²) in [4.78, 5) is 13.8. The van der Waals surface area contributed by atoms with Gasteiger partial charge in [-0.15, -0.1) is 0 Å². The predicted molar refractivity (Wildman–Crippen MR) is 78.1 cm³/mol. The summed E-state index contributed by atoms with van der Waals surface area (Å²) in [6.07, 6.45) is 5.76. The summed E-state index contributed by atoms with van der Waals surface area (Å²) in [6, 6.07) is 0. The van der Waals surface area contributed by atoms with E-state index in [-0.39, 0.29) is 24.2 Å². The van der Waals surface area contributed by atoms with Crippen molar-refractivity contribution in [2.45, 2.75) is 50.7 Å². The summed E-state index contributed by atoms with van der Waals surface area (Å²) < 4.78 is 17.2. The van der Waals surface area contributed by atoms with Gasteiger partial charge in [0.15, 0.2) is 0 Å². The van der Waals surface area contributed by atoms with Crippen LogP contribution in [-0.4, -0.2) is 62.0 Å². The number of piperidine rings is 1. The fourth-order valence-corrected chi connectivity index (χ4v) is 3.26. The van der Waals surface area contributed by atoms with Crippen LogP contribution in [0.1, 0.15) is 39.0 Å². The van der Waals surface area contributed by atoms with Gasteiger partial charge in [0.25, 0.3) is 0 Å². The van der Waals surface area contributed by atoms with Gasteiger partial charge < -0.3 is 19.1 Å². The van der Waals surface area contributed by atoms with Gasteiger partial charge in [-0.05, 0) is 38.5 Å². The Labute approximate surface area is 126 Å². The Balaban J connectivity index is 1.41. The number of ether oxygens (including phenoxy) is 3. The van der Waals surface area contributed by atoms with E-state index in [1.54, 1.807) is 0 Å². The number of nitrogens with zero attached hydrogens (tertiary/aromatic N) is 1. The largest absolute Gasteiger partial charge is 0.375 e. The quantitative estimate of drug-likeness (QED) is 0.747. The lowest BCUT2D eigenvalue weighted by atomic mass is 9.88. The third kappa shape index (κ3) is 3.96. The number of hydrogen-bond acceptors (Lipinski definition) is 4. The van der Waals surface area contributed by atoms with Gasteiger partial charge in [-0.3, -0.25) is 4.79 Å². The number of carbonyl (C=O) groups is 1. The molecule has 1 saturated carbocycles. The number of amides is 1. The number of carbonyl (C=O) groups excluding carboxylic acids is 1. The van der Waals surface area contributed by atoms with Crippen LogP contribution in [0, 0.1) is 5.92 Å². The van der Waals surface area contributed by atoms with Crippen LogP contribution in [0.5, 0.6) is 0 Å². The molecule has 0 bridgehead atoms. The summed E-state index contributed by atoms with van der Waals surface area (Å²) >= 11 is 0. The van der Waals surface area contributed by atoms with Gasteiger partial charge in [0.05, 0.1) is 18.3 Å². The molecular weight excluding hydrogens is 270 g/mol. The van der Waals surface area contributed by atoms with Crippen molar-refractivity contribution in [3.05, 3.63) is 0 Å². The van der Waals surface area contributed by atoms with Crippen LogP contribution >= 0.6 is 0 Å². The number of hydrogen-bond donors (Lipinski definition) is 0. The molecule has 21 heavy (non-hydrogen) atoms. The lowest BCUT2D eigenvalue weighted by Gasteiger charge is -2.38. The van der Waals surface area contributed by atoms with Crippen LogP contribution < -0.4 is 0 Å². The van der Waals surface area contributed by atoms with E-state index < -0.39 is 0 Å². The molecule has 5 nitrogen and oxygen atoms in total. The zero-order valence-corrected chi connectivity index (χ0v) is 13.0. The third-order valence-electron chi connectivity index (χ3n) is 4.90. The molecule has 1 aliphatic carbocycles. The molecule has 0 N–H and O–H groups in total. The van der Waals surface area contributed by atoms with E-state index in [1.807, 2.05) is 11.8 Å². The van der Waals surface area contributed by atoms with Gasteiger partial charge in [0, 0.05) is 32.7 Å². The van der Waals surface area contributed by atoms with Crippen LogP contribution in [0.25, 0.3) is 0 Å². The van der Waals surface area contributed by atoms with Crippen molar-refractivity contribution < 1.29 is 19.0 Å². The minimum Gasteiger partial charge on any atom is -0.375 e. The fraction of sp³-hybridized carbons (Fsp3) is 0.938. The smallest absolute Gasteiger partial charge is 0.248 e. The molecule has 0 aromatic rings. The number of rotatable bonds is 6. The molecule has 120 valence electrons. The summed E-state index contributed by atoms with van der Waals surface area (Å²) in [6.45, 7) is 5.89. The topological polar surface area (TPSA) is 48.0 Å². The average molecular weight is 297 g/mol. The molecular formula is C16H27NO4. The molecule has 0 aromatic heterocycles. The molecule has 0 radical (unpaired) electrons. The van der Waals surface area contributed by atoms with Gasteiger partial charge in [-0.2, -0.15) is 0 Å². The first-order valence-corrected chi connectivity index (χ1v) is 8.32. The van der Waals surface area contributed by atoms with Crippen molar-refractivity contribution in [1.82, 2.24) is 4.90 Å². The minimum absolute atomic E-state index is 0.0450. The lowest BCUT2D eigenvalue weighted by molar-refractivity contribution is -0.140. The van der Waals surface area contributed by atoms with Crippen molar-refractivity contribution in [2.75, 3.05) is 39.5 Å². The second kappa shape index (κ2) is 6.63. The first-order valence-electron chi connectivity index (χ1n) is 8.32. The second-order valence-corrected chi connectivity index (χ2v) is 6.61. The van der Waals surface area contributed by atoms with E-state index in [9.17, 15) is 4.79 Å². The summed E-state index contributed by atoms with van der Waals surface area (Å²) in [5.74, 6) is 0.908. The van der Waals surface area contributed by atoms with Gasteiger partial charge >= 0.3 is 0 Å². The highest BCUT2D eigenvalue weighted by Gasteiger charge is 2.44. The Bertz CT molecular complexity index is 361. The summed E-state index contributed by atoms with van der Waals surface area (Å²) in [5, 5.41) is 0. The highest BCUT2D eigenvalue weighted by Crippen LogP contribution is 2.38. The standard InChI is InChI=1S/C16H27NO4/c1-2-19-12-15(18)17-7-5-16(6-8-17)9-14(11-21-16)20-10-13-3-4-13/h13-14H,2-12H2,1H3/t14-/m1/s1. The van der Waals surface area contributed by atoms with Gasteiger partial charge in [0.1, 0.15) is 6.61 Å². The zero-order valence-electron chi connectivity index (χ0n) is 13.0. The van der Waals surface area contributed by atoms with Gasteiger partial charge in [0.2, 0.25) is 5.91 Å². The predicted octanol–water partition coefficient (Wildman–Crippen LogP) is 1.60. The molecule has 0 unspecified atom stereocenters. The zero-order chi connectivity index (χ0) is 14.7. The van der Waals surface area contributed by atoms with E-state index in [1.165, 1.54) is 12.8 Å². The van der Waals surface area contributed by atoms with Gasteiger partial charge in [-0.25, -0.2) is 0 Å². The second-order valence-electron chi connectivity index (χ2n) is 6.61. The lowest BCUT2D eigenvalue weighted by Crippen LogP contribution is -2.47. The van der Waals surface area contributed by atoms with Crippen LogP contribution in [0.3, 0.4) is 0 Å². The molecule has 2 saturated heterocycles. The van der Waals surface area contributed by atoms with E-state index in [0.717, 1.165) is 51.5 Å². The highest BCUT2D eigenvalue weighted by molar-refractivity contribution is 5.77. The molecule has 1 spiro atoms. The summed E-state index contributed by atoms with van der Waals surface area (Å²) in [5.41, 5.74) is -0.0450. The molecule has 1 amide bonds. The Morgan fingerprint density at radius 2 is 2.10 bits per heavy atom. The first-order chi connectivity index (χ1) is 10.2. The van der Waals surface area contributed by atoms with Crippen molar-refractivity contribution in [1.29, 1.82) is 0 Å². The summed E-state index contributed by atoms with van der Waals surface area (Å²) in [7, 11) is 0. The SMILES string of the molecule is CCOCC(=O)N1CCC2(CC1)C[C@@H](OCC1CC1)CO2. The van der Waals surface area contributed by atoms with E-state index in [2.05, 4.69) is 0 Å². The van der Waals surface area contributed by atoms with Crippen molar-refractivity contribution >= 4 is 5.91 Å². The van der Waals surface area contributed by atoms with Crippen molar-refractivity contribution in [3.63, 3.8) is 0 Å². The molecule has 2 aliphatic heterocycles. The molecule has 3 fully saturated rings. The van der Waals surface area contributed by atoms with E-state index in [4.69, 9.17) is 14.2 Å². The Kier molecular flexibility index (Phi) is 4.82. The fourth-order valence-electron chi connectivity index (χ4n) is 3.26. The Hall–Kier alpha value is -0.650. The molecule has 5 heteroatoms. The minimum atomic E-state index is -0.0450. The molecule has 2 heterocycles. The van der Waals surface area contributed by atoms with Crippen LogP contribution in [0.2, 0.25) is 0 Å². The molecule has 3 rings (SSSR count). The maximum Gasteiger partial charge on any atom is 0.248 e. The normalized spacial score (nSPS) is 28.2. The third-order valence-corrected chi connectivity index (χ3v) is 4.90. The van der Waals surface area contributed by atoms with Crippen molar-refractivity contribution in [3.8, 4) is 0 Å². The molecule has 1 atom stereocenters. The maximum atomic E-state index is 11.9. The molecule has 0 aromatic carbocycles. The van der Waals surface area contributed by atoms with E-state index in [0.29, 0.717) is 6.61 Å². The Morgan fingerprint density at radius 1 is 1.33 bits per heavy atom. The van der Waals surface area contributed by atoms with Crippen LogP contribution in [0.4, 0.5) is 0 Å². The molecule has 3 aliphatic rings. The Morgan fingerprint density at radius 3 is 2.76 bits per heavy atom. The first kappa shape index (κ1) is 15.3. The average Bonchev–Trinajstić information content (AvgIpc) is 3.26. The number of likely N-dealkylation sites (tertiary alicyclic amines) is 1. The van der Waals surface area contributed by atoms with Crippen LogP contribution in [0.15, 0.2) is 0 Å². The van der Waals surface area contributed by atoms with Gasteiger partial charge in [-0.1, -0.05) is 0 Å². The highest BCUT2D eigenvalue weighted by atomic mass is 16.6.